The maximum atomic E-state index is 4.66. The summed E-state index contributed by atoms with van der Waals surface area (Å²) in [7, 11) is 2.06. The van der Waals surface area contributed by atoms with Gasteiger partial charge in [0.15, 0.2) is 4.96 Å². The van der Waals surface area contributed by atoms with Crippen LogP contribution in [0.15, 0.2) is 30.2 Å². The molecule has 0 aromatic carbocycles. The lowest BCUT2D eigenvalue weighted by molar-refractivity contribution is 0.498. The van der Waals surface area contributed by atoms with E-state index in [2.05, 4.69) is 56.5 Å². The number of nitrogens with zero attached hydrogens (tertiary/aromatic N) is 3. The molecule has 0 spiro atoms. The first-order valence-corrected chi connectivity index (χ1v) is 7.98. The third-order valence-corrected chi connectivity index (χ3v) is 4.92. The smallest absolute Gasteiger partial charge is 0.193 e. The molecular formula is C15H18N4S. The minimum absolute atomic E-state index is 0.519. The topological polar surface area (TPSA) is 34.3 Å². The molecule has 20 heavy (non-hydrogen) atoms. The number of nitrogens with one attached hydrogen (secondary N) is 1. The van der Waals surface area contributed by atoms with Gasteiger partial charge in [0.1, 0.15) is 0 Å². The number of aryl methyl sites for hydroxylation is 1. The fraction of sp³-hybridized carbons (Fsp3) is 0.400. The molecular weight excluding hydrogens is 268 g/mol. The SMILES string of the molecule is CNC1CCCc2cn(Cc3cn4ccsc4n3)cc21. The molecule has 0 saturated heterocycles. The summed E-state index contributed by atoms with van der Waals surface area (Å²) in [5.74, 6) is 0. The second-order valence-corrected chi connectivity index (χ2v) is 6.34. The van der Waals surface area contributed by atoms with Crippen molar-refractivity contribution in [3.05, 3.63) is 47.0 Å². The third kappa shape index (κ3) is 1.98. The van der Waals surface area contributed by atoms with E-state index in [0.29, 0.717) is 6.04 Å². The molecule has 0 fully saturated rings. The van der Waals surface area contributed by atoms with Gasteiger partial charge in [0.2, 0.25) is 0 Å². The molecule has 1 aliphatic carbocycles. The third-order valence-electron chi connectivity index (χ3n) is 4.15. The number of hydrogen-bond donors (Lipinski definition) is 1. The van der Waals surface area contributed by atoms with E-state index in [1.165, 1.54) is 30.4 Å². The normalized spacial score (nSPS) is 18.6. The van der Waals surface area contributed by atoms with Crippen LogP contribution in [-0.2, 0) is 13.0 Å². The van der Waals surface area contributed by atoms with Gasteiger partial charge in [0.25, 0.3) is 0 Å². The van der Waals surface area contributed by atoms with E-state index in [4.69, 9.17) is 0 Å². The molecule has 4 nitrogen and oxygen atoms in total. The lowest BCUT2D eigenvalue weighted by Gasteiger charge is -2.21. The Morgan fingerprint density at radius 1 is 1.40 bits per heavy atom. The number of hydrogen-bond acceptors (Lipinski definition) is 3. The highest BCUT2D eigenvalue weighted by Crippen LogP contribution is 2.30. The molecule has 3 heterocycles. The van der Waals surface area contributed by atoms with Crippen LogP contribution in [0.4, 0.5) is 0 Å². The minimum atomic E-state index is 0.519. The average molecular weight is 286 g/mol. The van der Waals surface area contributed by atoms with Crippen LogP contribution in [0, 0.1) is 0 Å². The molecule has 1 aliphatic rings. The van der Waals surface area contributed by atoms with E-state index in [1.54, 1.807) is 11.3 Å². The zero-order valence-corrected chi connectivity index (χ0v) is 12.4. The van der Waals surface area contributed by atoms with E-state index in [0.717, 1.165) is 17.2 Å². The summed E-state index contributed by atoms with van der Waals surface area (Å²) in [5.41, 5.74) is 4.10. The number of thiazole rings is 1. The predicted octanol–water partition coefficient (Wildman–Crippen LogP) is 2.84. The standard InChI is InChI=1S/C15H18N4S/c1-16-14-4-2-3-11-7-18(10-13(11)14)8-12-9-19-5-6-20-15(19)17-12/h5-7,9-10,14,16H,2-4,8H2,1H3. The Balaban J connectivity index is 1.63. The maximum Gasteiger partial charge on any atom is 0.193 e. The highest BCUT2D eigenvalue weighted by molar-refractivity contribution is 7.15. The van der Waals surface area contributed by atoms with Crippen molar-refractivity contribution in [2.24, 2.45) is 0 Å². The Morgan fingerprint density at radius 2 is 2.35 bits per heavy atom. The van der Waals surface area contributed by atoms with Crippen molar-refractivity contribution in [1.82, 2.24) is 19.3 Å². The lowest BCUT2D eigenvalue weighted by atomic mass is 9.91. The van der Waals surface area contributed by atoms with Crippen LogP contribution < -0.4 is 5.32 Å². The minimum Gasteiger partial charge on any atom is -0.348 e. The van der Waals surface area contributed by atoms with Crippen molar-refractivity contribution in [2.75, 3.05) is 7.05 Å². The average Bonchev–Trinajstić information content (AvgIpc) is 3.11. The number of aromatic nitrogens is 3. The highest BCUT2D eigenvalue weighted by atomic mass is 32.1. The van der Waals surface area contributed by atoms with Gasteiger partial charge < -0.3 is 9.88 Å². The molecule has 0 saturated carbocycles. The van der Waals surface area contributed by atoms with Crippen LogP contribution in [0.2, 0.25) is 0 Å². The van der Waals surface area contributed by atoms with E-state index in [-0.39, 0.29) is 0 Å². The van der Waals surface area contributed by atoms with Crippen LogP contribution in [0.1, 0.15) is 35.7 Å². The highest BCUT2D eigenvalue weighted by Gasteiger charge is 2.20. The molecule has 0 aliphatic heterocycles. The Bertz CT molecular complexity index is 708. The second-order valence-electron chi connectivity index (χ2n) is 5.47. The van der Waals surface area contributed by atoms with Gasteiger partial charge in [-0.25, -0.2) is 4.98 Å². The summed E-state index contributed by atoms with van der Waals surface area (Å²) in [6.45, 7) is 0.859. The maximum absolute atomic E-state index is 4.66. The van der Waals surface area contributed by atoms with Crippen LogP contribution in [0.5, 0.6) is 0 Å². The van der Waals surface area contributed by atoms with Crippen molar-refractivity contribution in [3.8, 4) is 0 Å². The second kappa shape index (κ2) is 4.75. The summed E-state index contributed by atoms with van der Waals surface area (Å²) in [4.78, 5) is 5.73. The molecule has 0 bridgehead atoms. The number of rotatable bonds is 3. The Labute approximate surface area is 122 Å². The lowest BCUT2D eigenvalue weighted by Crippen LogP contribution is -2.20. The van der Waals surface area contributed by atoms with Crippen LogP contribution in [-0.4, -0.2) is 21.0 Å². The van der Waals surface area contributed by atoms with Crippen LogP contribution >= 0.6 is 11.3 Å². The summed E-state index contributed by atoms with van der Waals surface area (Å²) < 4.78 is 4.38. The predicted molar refractivity (Wildman–Crippen MR) is 81.3 cm³/mol. The zero-order valence-electron chi connectivity index (χ0n) is 11.5. The fourth-order valence-corrected chi connectivity index (χ4v) is 3.90. The summed E-state index contributed by atoms with van der Waals surface area (Å²) in [6.07, 6.45) is 12.5. The molecule has 5 heteroatoms. The zero-order chi connectivity index (χ0) is 13.5. The van der Waals surface area contributed by atoms with Crippen molar-refractivity contribution in [2.45, 2.75) is 31.8 Å². The molecule has 0 amide bonds. The van der Waals surface area contributed by atoms with E-state index < -0.39 is 0 Å². The molecule has 4 rings (SSSR count). The van der Waals surface area contributed by atoms with Gasteiger partial charge in [-0.05, 0) is 37.4 Å². The van der Waals surface area contributed by atoms with E-state index >= 15 is 0 Å². The quantitative estimate of drug-likeness (QED) is 0.803. The number of fused-ring (bicyclic) bond motifs is 2. The van der Waals surface area contributed by atoms with Gasteiger partial charge in [0.05, 0.1) is 12.2 Å². The number of imidazole rings is 1. The Hall–Kier alpha value is -1.59. The molecule has 104 valence electrons. The molecule has 1 unspecified atom stereocenters. The van der Waals surface area contributed by atoms with Gasteiger partial charge in [-0.3, -0.25) is 4.40 Å². The van der Waals surface area contributed by atoms with Crippen molar-refractivity contribution >= 4 is 16.3 Å². The van der Waals surface area contributed by atoms with Crippen molar-refractivity contribution < 1.29 is 0 Å². The largest absolute Gasteiger partial charge is 0.348 e. The first kappa shape index (κ1) is 12.2. The Kier molecular flexibility index (Phi) is 2.89. The summed E-state index contributed by atoms with van der Waals surface area (Å²) >= 11 is 1.68. The first-order valence-electron chi connectivity index (χ1n) is 7.10. The monoisotopic (exact) mass is 286 g/mol. The molecule has 3 aromatic heterocycles. The summed E-state index contributed by atoms with van der Waals surface area (Å²) in [6, 6.07) is 0.519. The fourth-order valence-electron chi connectivity index (χ4n) is 3.18. The van der Waals surface area contributed by atoms with Gasteiger partial charge in [0, 0.05) is 36.2 Å². The Morgan fingerprint density at radius 3 is 3.20 bits per heavy atom. The summed E-state index contributed by atoms with van der Waals surface area (Å²) in [5, 5.41) is 5.49. The van der Waals surface area contributed by atoms with Gasteiger partial charge in [-0.1, -0.05) is 0 Å². The van der Waals surface area contributed by atoms with Crippen LogP contribution in [0.3, 0.4) is 0 Å². The molecule has 0 radical (unpaired) electrons. The van der Waals surface area contributed by atoms with Crippen molar-refractivity contribution in [3.63, 3.8) is 0 Å². The molecule has 3 aromatic rings. The molecule has 1 N–H and O–H groups in total. The van der Waals surface area contributed by atoms with Gasteiger partial charge >= 0.3 is 0 Å². The van der Waals surface area contributed by atoms with Gasteiger partial charge in [-0.2, -0.15) is 0 Å². The van der Waals surface area contributed by atoms with Gasteiger partial charge in [-0.15, -0.1) is 11.3 Å². The molecule has 1 atom stereocenters. The van der Waals surface area contributed by atoms with E-state index in [1.807, 2.05) is 0 Å². The first-order chi connectivity index (χ1) is 9.83. The van der Waals surface area contributed by atoms with E-state index in [9.17, 15) is 0 Å². The van der Waals surface area contributed by atoms with Crippen molar-refractivity contribution in [1.29, 1.82) is 0 Å². The van der Waals surface area contributed by atoms with Crippen LogP contribution in [0.25, 0.3) is 4.96 Å².